The number of pyridine rings is 2. The fourth-order valence-electron chi connectivity index (χ4n) is 2.45. The molecule has 4 aromatic heterocycles. The molecule has 0 bridgehead atoms. The number of thiazole rings is 1. The van der Waals surface area contributed by atoms with Gasteiger partial charge in [-0.25, -0.2) is 9.67 Å². The van der Waals surface area contributed by atoms with Gasteiger partial charge in [0.2, 0.25) is 0 Å². The van der Waals surface area contributed by atoms with E-state index in [0.29, 0.717) is 16.5 Å². The number of nitrogens with zero attached hydrogens (tertiary/aromatic N) is 6. The molecule has 0 unspecified atom stereocenters. The number of anilines is 1. The Kier molecular flexibility index (Phi) is 4.43. The van der Waals surface area contributed by atoms with Crippen LogP contribution in [0.5, 0.6) is 0 Å². The SMILES string of the molecule is Cc1ccc(-c2csc(NC(=O)c3cnnn3-c3ccncc3)n2)nc1C. The number of hydrogen-bond donors (Lipinski definition) is 1. The minimum atomic E-state index is -0.342. The normalized spacial score (nSPS) is 10.7. The molecule has 0 aromatic carbocycles. The second-order valence-corrected chi connectivity index (χ2v) is 6.69. The van der Waals surface area contributed by atoms with Crippen molar-refractivity contribution in [3.63, 3.8) is 0 Å². The van der Waals surface area contributed by atoms with Gasteiger partial charge >= 0.3 is 0 Å². The highest BCUT2D eigenvalue weighted by Gasteiger charge is 2.17. The van der Waals surface area contributed by atoms with Crippen molar-refractivity contribution in [2.75, 3.05) is 5.32 Å². The number of hydrogen-bond acceptors (Lipinski definition) is 7. The summed E-state index contributed by atoms with van der Waals surface area (Å²) in [5.41, 5.74) is 4.59. The number of rotatable bonds is 4. The highest BCUT2D eigenvalue weighted by atomic mass is 32.1. The largest absolute Gasteiger partial charge is 0.296 e. The number of aryl methyl sites for hydroxylation is 2. The van der Waals surface area contributed by atoms with Gasteiger partial charge in [-0.05, 0) is 37.6 Å². The fourth-order valence-corrected chi connectivity index (χ4v) is 3.15. The van der Waals surface area contributed by atoms with Crippen LogP contribution in [0.15, 0.2) is 48.2 Å². The van der Waals surface area contributed by atoms with E-state index in [1.807, 2.05) is 31.4 Å². The molecule has 0 radical (unpaired) electrons. The van der Waals surface area contributed by atoms with Gasteiger partial charge < -0.3 is 0 Å². The zero-order valence-electron chi connectivity index (χ0n) is 14.6. The molecule has 0 aliphatic heterocycles. The molecule has 134 valence electrons. The van der Waals surface area contributed by atoms with Crippen LogP contribution in [-0.2, 0) is 0 Å². The first-order chi connectivity index (χ1) is 13.1. The summed E-state index contributed by atoms with van der Waals surface area (Å²) in [5, 5.41) is 13.0. The Labute approximate surface area is 159 Å². The Bertz CT molecular complexity index is 1100. The Morgan fingerprint density at radius 1 is 1.07 bits per heavy atom. The zero-order chi connectivity index (χ0) is 18.8. The number of aromatic nitrogens is 6. The molecule has 0 saturated carbocycles. The summed E-state index contributed by atoms with van der Waals surface area (Å²) >= 11 is 1.34. The Morgan fingerprint density at radius 3 is 2.67 bits per heavy atom. The molecule has 0 aliphatic carbocycles. The van der Waals surface area contributed by atoms with Gasteiger partial charge in [0.1, 0.15) is 5.69 Å². The quantitative estimate of drug-likeness (QED) is 0.587. The zero-order valence-corrected chi connectivity index (χ0v) is 15.4. The van der Waals surface area contributed by atoms with E-state index in [2.05, 4.69) is 30.6 Å². The second kappa shape index (κ2) is 7.04. The summed E-state index contributed by atoms with van der Waals surface area (Å²) in [7, 11) is 0. The monoisotopic (exact) mass is 377 g/mol. The van der Waals surface area contributed by atoms with Gasteiger partial charge in [-0.1, -0.05) is 11.3 Å². The lowest BCUT2D eigenvalue weighted by Gasteiger charge is -2.05. The van der Waals surface area contributed by atoms with Crippen LogP contribution in [-0.4, -0.2) is 35.9 Å². The Morgan fingerprint density at radius 2 is 1.89 bits per heavy atom. The van der Waals surface area contributed by atoms with Crippen molar-refractivity contribution in [2.24, 2.45) is 0 Å². The molecule has 0 saturated heterocycles. The first-order valence-corrected chi connectivity index (χ1v) is 9.02. The third-order valence-corrected chi connectivity index (χ3v) is 4.78. The van der Waals surface area contributed by atoms with Gasteiger partial charge in [0.05, 0.1) is 17.6 Å². The van der Waals surface area contributed by atoms with Crippen LogP contribution in [0, 0.1) is 13.8 Å². The van der Waals surface area contributed by atoms with Crippen LogP contribution in [0.25, 0.3) is 17.1 Å². The van der Waals surface area contributed by atoms with Crippen LogP contribution in [0.2, 0.25) is 0 Å². The molecule has 0 atom stereocenters. The molecule has 4 heterocycles. The van der Waals surface area contributed by atoms with E-state index in [9.17, 15) is 4.79 Å². The van der Waals surface area contributed by atoms with Crippen LogP contribution >= 0.6 is 11.3 Å². The second-order valence-electron chi connectivity index (χ2n) is 5.83. The molecule has 4 rings (SSSR count). The van der Waals surface area contributed by atoms with E-state index in [1.54, 1.807) is 24.5 Å². The van der Waals surface area contributed by atoms with E-state index >= 15 is 0 Å². The van der Waals surface area contributed by atoms with Crippen LogP contribution in [0.1, 0.15) is 21.7 Å². The lowest BCUT2D eigenvalue weighted by Crippen LogP contribution is -2.16. The first kappa shape index (κ1) is 17.0. The maximum atomic E-state index is 12.6. The first-order valence-electron chi connectivity index (χ1n) is 8.14. The van der Waals surface area contributed by atoms with Gasteiger partial charge in [-0.15, -0.1) is 16.4 Å². The lowest BCUT2D eigenvalue weighted by atomic mass is 10.2. The van der Waals surface area contributed by atoms with Crippen LogP contribution < -0.4 is 5.32 Å². The predicted molar refractivity (Wildman–Crippen MR) is 102 cm³/mol. The summed E-state index contributed by atoms with van der Waals surface area (Å²) in [4.78, 5) is 25.6. The summed E-state index contributed by atoms with van der Waals surface area (Å²) in [5.74, 6) is -0.342. The van der Waals surface area contributed by atoms with Crippen molar-refractivity contribution in [2.45, 2.75) is 13.8 Å². The van der Waals surface area contributed by atoms with Gasteiger partial charge in [-0.2, -0.15) is 0 Å². The van der Waals surface area contributed by atoms with E-state index in [1.165, 1.54) is 22.2 Å². The van der Waals surface area contributed by atoms with Crippen molar-refractivity contribution in [1.29, 1.82) is 0 Å². The van der Waals surface area contributed by atoms with Crippen molar-refractivity contribution in [3.8, 4) is 17.1 Å². The maximum Gasteiger partial charge on any atom is 0.277 e. The average Bonchev–Trinajstić information content (AvgIpc) is 3.34. The molecule has 1 amide bonds. The fraction of sp³-hybridized carbons (Fsp3) is 0.111. The highest BCUT2D eigenvalue weighted by Crippen LogP contribution is 2.24. The van der Waals surface area contributed by atoms with Crippen molar-refractivity contribution < 1.29 is 4.79 Å². The van der Waals surface area contributed by atoms with Gasteiger partial charge in [0.15, 0.2) is 10.8 Å². The Hall–Kier alpha value is -3.46. The molecule has 4 aromatic rings. The summed E-state index contributed by atoms with van der Waals surface area (Å²) in [6.07, 6.45) is 4.67. The van der Waals surface area contributed by atoms with E-state index < -0.39 is 0 Å². The van der Waals surface area contributed by atoms with Crippen LogP contribution in [0.3, 0.4) is 0 Å². The van der Waals surface area contributed by atoms with Gasteiger partial charge in [0.25, 0.3) is 5.91 Å². The van der Waals surface area contributed by atoms with E-state index in [4.69, 9.17) is 0 Å². The minimum Gasteiger partial charge on any atom is -0.296 e. The number of carbonyl (C=O) groups excluding carboxylic acids is 1. The minimum absolute atomic E-state index is 0.308. The number of carbonyl (C=O) groups is 1. The molecular weight excluding hydrogens is 362 g/mol. The molecule has 8 nitrogen and oxygen atoms in total. The van der Waals surface area contributed by atoms with E-state index in [0.717, 1.165) is 22.6 Å². The third kappa shape index (κ3) is 3.44. The highest BCUT2D eigenvalue weighted by molar-refractivity contribution is 7.14. The topological polar surface area (TPSA) is 98.5 Å². The predicted octanol–water partition coefficient (Wildman–Crippen LogP) is 3.05. The number of nitrogens with one attached hydrogen (secondary N) is 1. The van der Waals surface area contributed by atoms with E-state index in [-0.39, 0.29) is 5.91 Å². The number of amides is 1. The van der Waals surface area contributed by atoms with Crippen LogP contribution in [0.4, 0.5) is 5.13 Å². The lowest BCUT2D eigenvalue weighted by molar-refractivity contribution is 0.101. The molecule has 0 fully saturated rings. The molecule has 1 N–H and O–H groups in total. The summed E-state index contributed by atoms with van der Waals surface area (Å²) in [6.45, 7) is 3.97. The molecule has 9 heteroatoms. The van der Waals surface area contributed by atoms with Crippen molar-refractivity contribution >= 4 is 22.4 Å². The summed E-state index contributed by atoms with van der Waals surface area (Å²) < 4.78 is 1.45. The Balaban J connectivity index is 1.56. The van der Waals surface area contributed by atoms with Crippen molar-refractivity contribution in [3.05, 3.63) is 65.2 Å². The average molecular weight is 377 g/mol. The van der Waals surface area contributed by atoms with Crippen molar-refractivity contribution in [1.82, 2.24) is 29.9 Å². The van der Waals surface area contributed by atoms with Gasteiger partial charge in [0, 0.05) is 23.5 Å². The third-order valence-electron chi connectivity index (χ3n) is 4.03. The standard InChI is InChI=1S/C18H15N7OS/c1-11-3-4-14(21-12(11)2)15-10-27-18(22-15)23-17(26)16-9-20-24-25(16)13-5-7-19-8-6-13/h3-10H,1-2H3,(H,22,23,26). The smallest absolute Gasteiger partial charge is 0.277 e. The molecule has 0 aliphatic rings. The molecule has 27 heavy (non-hydrogen) atoms. The summed E-state index contributed by atoms with van der Waals surface area (Å²) in [6, 6.07) is 7.43. The maximum absolute atomic E-state index is 12.6. The van der Waals surface area contributed by atoms with Gasteiger partial charge in [-0.3, -0.25) is 20.1 Å². The molecule has 0 spiro atoms. The molecular formula is C18H15N7OS.